The van der Waals surface area contributed by atoms with Crippen molar-refractivity contribution in [1.29, 1.82) is 0 Å². The van der Waals surface area contributed by atoms with Crippen molar-refractivity contribution in [3.63, 3.8) is 0 Å². The summed E-state index contributed by atoms with van der Waals surface area (Å²) in [7, 11) is -2.32. The molecule has 0 aromatic heterocycles. The minimum absolute atomic E-state index is 0.0754. The lowest BCUT2D eigenvalue weighted by Crippen LogP contribution is -2.33. The number of hydrogen-bond acceptors (Lipinski definition) is 3. The molecule has 1 aromatic rings. The number of carbonyl (C=O) groups is 1. The van der Waals surface area contributed by atoms with E-state index in [0.717, 1.165) is 0 Å². The highest BCUT2D eigenvalue weighted by atomic mass is 35.5. The van der Waals surface area contributed by atoms with Gasteiger partial charge in [0.2, 0.25) is 10.0 Å². The first-order chi connectivity index (χ1) is 8.59. The molecule has 5 nitrogen and oxygen atoms in total. The van der Waals surface area contributed by atoms with Crippen molar-refractivity contribution >= 4 is 27.6 Å². The predicted octanol–water partition coefficient (Wildman–Crippen LogP) is 2.38. The largest absolute Gasteiger partial charge is 0.478 e. The number of carboxylic acid groups (broad SMARTS) is 1. The highest BCUT2D eigenvalue weighted by Gasteiger charge is 2.27. The average Bonchev–Trinajstić information content (AvgIpc) is 2.29. The number of sulfonamides is 1. The maximum absolute atomic E-state index is 12.4. The number of aromatic carboxylic acids is 1. The van der Waals surface area contributed by atoms with Crippen molar-refractivity contribution in [2.75, 3.05) is 7.05 Å². The van der Waals surface area contributed by atoms with Crippen molar-refractivity contribution in [3.05, 3.63) is 28.3 Å². The van der Waals surface area contributed by atoms with Crippen LogP contribution >= 0.6 is 11.6 Å². The standard InChI is InChI=1S/C12H16ClNO4S/c1-7(2)14(4)19(17,18)11-6-9(13)5-10(8(11)3)12(15)16/h5-7H,1-4H3,(H,15,16). The van der Waals surface area contributed by atoms with E-state index >= 15 is 0 Å². The van der Waals surface area contributed by atoms with Gasteiger partial charge in [-0.15, -0.1) is 0 Å². The quantitative estimate of drug-likeness (QED) is 0.926. The summed E-state index contributed by atoms with van der Waals surface area (Å²) >= 11 is 5.81. The normalized spacial score (nSPS) is 12.2. The van der Waals surface area contributed by atoms with Crippen LogP contribution in [0.15, 0.2) is 17.0 Å². The van der Waals surface area contributed by atoms with Gasteiger partial charge >= 0.3 is 5.97 Å². The molecule has 1 rings (SSSR count). The van der Waals surface area contributed by atoms with Crippen LogP contribution in [-0.2, 0) is 10.0 Å². The molecule has 0 fully saturated rings. The molecule has 0 aliphatic heterocycles. The molecule has 0 radical (unpaired) electrons. The molecule has 106 valence electrons. The Balaban J connectivity index is 3.56. The molecule has 0 bridgehead atoms. The van der Waals surface area contributed by atoms with Crippen molar-refractivity contribution < 1.29 is 18.3 Å². The third-order valence-electron chi connectivity index (χ3n) is 2.94. The Labute approximate surface area is 117 Å². The zero-order chi connectivity index (χ0) is 15.0. The van der Waals surface area contributed by atoms with Gasteiger partial charge in [0.1, 0.15) is 0 Å². The van der Waals surface area contributed by atoms with Crippen LogP contribution in [0.5, 0.6) is 0 Å². The van der Waals surface area contributed by atoms with Crippen LogP contribution in [0.2, 0.25) is 5.02 Å². The van der Waals surface area contributed by atoms with Crippen molar-refractivity contribution in [2.45, 2.75) is 31.7 Å². The van der Waals surface area contributed by atoms with E-state index in [1.165, 1.54) is 30.4 Å². The van der Waals surface area contributed by atoms with Crippen molar-refractivity contribution in [3.8, 4) is 0 Å². The molecule has 0 saturated carbocycles. The summed E-state index contributed by atoms with van der Waals surface area (Å²) < 4.78 is 26.0. The number of carboxylic acids is 1. The maximum Gasteiger partial charge on any atom is 0.336 e. The Morgan fingerprint density at radius 2 is 1.89 bits per heavy atom. The zero-order valence-corrected chi connectivity index (χ0v) is 12.7. The number of rotatable bonds is 4. The molecular weight excluding hydrogens is 290 g/mol. The molecule has 0 atom stereocenters. The maximum atomic E-state index is 12.4. The first kappa shape index (κ1) is 15.9. The topological polar surface area (TPSA) is 74.7 Å². The van der Waals surface area contributed by atoms with E-state index in [0.29, 0.717) is 0 Å². The van der Waals surface area contributed by atoms with Crippen LogP contribution in [0, 0.1) is 6.92 Å². The predicted molar refractivity (Wildman–Crippen MR) is 73.2 cm³/mol. The van der Waals surface area contributed by atoms with Gasteiger partial charge in [0.05, 0.1) is 10.5 Å². The van der Waals surface area contributed by atoms with Crippen LogP contribution in [-0.4, -0.2) is 36.9 Å². The van der Waals surface area contributed by atoms with Gasteiger partial charge in [-0.05, 0) is 38.5 Å². The SMILES string of the molecule is Cc1c(C(=O)O)cc(Cl)cc1S(=O)(=O)N(C)C(C)C. The van der Waals surface area contributed by atoms with Crippen LogP contribution in [0.4, 0.5) is 0 Å². The van der Waals surface area contributed by atoms with E-state index in [1.807, 2.05) is 0 Å². The molecule has 0 saturated heterocycles. The Kier molecular flexibility index (Phi) is 4.60. The lowest BCUT2D eigenvalue weighted by Gasteiger charge is -2.22. The van der Waals surface area contributed by atoms with E-state index in [1.54, 1.807) is 13.8 Å². The third-order valence-corrected chi connectivity index (χ3v) is 5.32. The van der Waals surface area contributed by atoms with Gasteiger partial charge in [0, 0.05) is 18.1 Å². The molecule has 19 heavy (non-hydrogen) atoms. The molecule has 0 aliphatic carbocycles. The fourth-order valence-corrected chi connectivity index (χ4v) is 3.50. The zero-order valence-electron chi connectivity index (χ0n) is 11.1. The second kappa shape index (κ2) is 5.48. The van der Waals surface area contributed by atoms with Gasteiger partial charge in [0.25, 0.3) is 0 Å². The van der Waals surface area contributed by atoms with Gasteiger partial charge in [-0.3, -0.25) is 0 Å². The van der Waals surface area contributed by atoms with Gasteiger partial charge in [-0.1, -0.05) is 11.6 Å². The van der Waals surface area contributed by atoms with Gasteiger partial charge in [-0.25, -0.2) is 13.2 Å². The Bertz CT molecular complexity index is 610. The summed E-state index contributed by atoms with van der Waals surface area (Å²) in [6.07, 6.45) is 0. The molecular formula is C12H16ClNO4S. The Morgan fingerprint density at radius 3 is 2.32 bits per heavy atom. The summed E-state index contributed by atoms with van der Waals surface area (Å²) in [5.41, 5.74) is 0.0765. The van der Waals surface area contributed by atoms with Crippen LogP contribution < -0.4 is 0 Å². The average molecular weight is 306 g/mol. The fraction of sp³-hybridized carbons (Fsp3) is 0.417. The summed E-state index contributed by atoms with van der Waals surface area (Å²) in [6, 6.07) is 2.28. The van der Waals surface area contributed by atoms with Crippen molar-refractivity contribution in [2.24, 2.45) is 0 Å². The smallest absolute Gasteiger partial charge is 0.336 e. The second-order valence-corrected chi connectivity index (χ2v) is 6.90. The summed E-state index contributed by atoms with van der Waals surface area (Å²) in [6.45, 7) is 4.92. The Hall–Kier alpha value is -1.11. The fourth-order valence-electron chi connectivity index (χ4n) is 1.58. The van der Waals surface area contributed by atoms with E-state index < -0.39 is 16.0 Å². The lowest BCUT2D eigenvalue weighted by atomic mass is 10.1. The highest BCUT2D eigenvalue weighted by molar-refractivity contribution is 7.89. The van der Waals surface area contributed by atoms with Crippen LogP contribution in [0.1, 0.15) is 29.8 Å². The van der Waals surface area contributed by atoms with Gasteiger partial charge in [0.15, 0.2) is 0 Å². The minimum Gasteiger partial charge on any atom is -0.478 e. The second-order valence-electron chi connectivity index (χ2n) is 4.50. The Morgan fingerprint density at radius 1 is 1.37 bits per heavy atom. The summed E-state index contributed by atoms with van der Waals surface area (Å²) in [5, 5.41) is 9.14. The molecule has 0 heterocycles. The number of hydrogen-bond donors (Lipinski definition) is 1. The van der Waals surface area contributed by atoms with E-state index in [4.69, 9.17) is 16.7 Å². The van der Waals surface area contributed by atoms with E-state index in [-0.39, 0.29) is 27.1 Å². The molecule has 1 N–H and O–H groups in total. The summed E-state index contributed by atoms with van der Waals surface area (Å²) in [5.74, 6) is -1.20. The first-order valence-electron chi connectivity index (χ1n) is 5.60. The number of halogens is 1. The molecule has 7 heteroatoms. The van der Waals surface area contributed by atoms with E-state index in [2.05, 4.69) is 0 Å². The molecule has 1 aromatic carbocycles. The monoisotopic (exact) mass is 305 g/mol. The third kappa shape index (κ3) is 3.08. The number of nitrogens with zero attached hydrogens (tertiary/aromatic N) is 1. The molecule has 0 aliphatic rings. The molecule has 0 spiro atoms. The molecule has 0 amide bonds. The van der Waals surface area contributed by atoms with Gasteiger partial charge in [-0.2, -0.15) is 4.31 Å². The number of benzene rings is 1. The summed E-state index contributed by atoms with van der Waals surface area (Å²) in [4.78, 5) is 11.0. The highest BCUT2D eigenvalue weighted by Crippen LogP contribution is 2.27. The van der Waals surface area contributed by atoms with E-state index in [9.17, 15) is 13.2 Å². The molecule has 0 unspecified atom stereocenters. The van der Waals surface area contributed by atoms with Crippen LogP contribution in [0.3, 0.4) is 0 Å². The first-order valence-corrected chi connectivity index (χ1v) is 7.42. The van der Waals surface area contributed by atoms with Gasteiger partial charge < -0.3 is 5.11 Å². The van der Waals surface area contributed by atoms with Crippen molar-refractivity contribution in [1.82, 2.24) is 4.31 Å². The minimum atomic E-state index is -3.76. The lowest BCUT2D eigenvalue weighted by molar-refractivity contribution is 0.0696. The van der Waals surface area contributed by atoms with Crippen LogP contribution in [0.25, 0.3) is 0 Å².